The lowest BCUT2D eigenvalue weighted by Gasteiger charge is -2.08. The lowest BCUT2D eigenvalue weighted by atomic mass is 10.1. The van der Waals surface area contributed by atoms with E-state index in [9.17, 15) is 4.39 Å². The van der Waals surface area contributed by atoms with Gasteiger partial charge in [-0.05, 0) is 36.6 Å². The minimum Gasteiger partial charge on any atom is -0.489 e. The third-order valence-corrected chi connectivity index (χ3v) is 3.59. The molecular formula is C19H23FO. The molecule has 0 amide bonds. The number of hydrogen-bond acceptors (Lipinski definition) is 1. The number of benzene rings is 2. The van der Waals surface area contributed by atoms with Crippen molar-refractivity contribution in [1.29, 1.82) is 0 Å². The summed E-state index contributed by atoms with van der Waals surface area (Å²) >= 11 is 0. The second-order valence-corrected chi connectivity index (χ2v) is 5.33. The van der Waals surface area contributed by atoms with E-state index in [4.69, 9.17) is 4.74 Å². The molecule has 0 fully saturated rings. The number of unbranched alkanes of at least 4 members (excludes halogenated alkanes) is 3. The number of ether oxygens (including phenoxy) is 1. The average molecular weight is 286 g/mol. The zero-order valence-corrected chi connectivity index (χ0v) is 12.6. The highest BCUT2D eigenvalue weighted by molar-refractivity contribution is 5.28. The fourth-order valence-electron chi connectivity index (χ4n) is 2.28. The van der Waals surface area contributed by atoms with Crippen LogP contribution in [-0.4, -0.2) is 0 Å². The van der Waals surface area contributed by atoms with Crippen molar-refractivity contribution in [2.24, 2.45) is 0 Å². The Balaban J connectivity index is 1.81. The molecule has 0 unspecified atom stereocenters. The first kappa shape index (κ1) is 15.6. The summed E-state index contributed by atoms with van der Waals surface area (Å²) in [4.78, 5) is 0. The van der Waals surface area contributed by atoms with E-state index >= 15 is 0 Å². The van der Waals surface area contributed by atoms with Gasteiger partial charge < -0.3 is 4.74 Å². The molecule has 112 valence electrons. The van der Waals surface area contributed by atoms with Gasteiger partial charge in [-0.3, -0.25) is 0 Å². The molecule has 2 rings (SSSR count). The van der Waals surface area contributed by atoms with Crippen LogP contribution < -0.4 is 4.74 Å². The molecule has 2 aromatic rings. The summed E-state index contributed by atoms with van der Waals surface area (Å²) in [5.74, 6) is 0.570. The topological polar surface area (TPSA) is 9.23 Å². The highest BCUT2D eigenvalue weighted by atomic mass is 19.1. The van der Waals surface area contributed by atoms with E-state index in [2.05, 4.69) is 19.1 Å². The second-order valence-electron chi connectivity index (χ2n) is 5.33. The third-order valence-electron chi connectivity index (χ3n) is 3.59. The highest BCUT2D eigenvalue weighted by Gasteiger charge is 2.02. The summed E-state index contributed by atoms with van der Waals surface area (Å²) in [6.07, 6.45) is 6.23. The van der Waals surface area contributed by atoms with Gasteiger partial charge in [0.2, 0.25) is 0 Å². The smallest absolute Gasteiger partial charge is 0.129 e. The predicted octanol–water partition coefficient (Wildman–Crippen LogP) is 5.53. The van der Waals surface area contributed by atoms with Gasteiger partial charge in [0.15, 0.2) is 0 Å². The van der Waals surface area contributed by atoms with E-state index < -0.39 is 0 Å². The Labute approximate surface area is 126 Å². The first-order chi connectivity index (χ1) is 10.3. The summed E-state index contributed by atoms with van der Waals surface area (Å²) in [5, 5.41) is 0. The number of aryl methyl sites for hydroxylation is 1. The number of hydrogen-bond donors (Lipinski definition) is 0. The average Bonchev–Trinajstić information content (AvgIpc) is 2.52. The molecule has 0 bridgehead atoms. The van der Waals surface area contributed by atoms with Crippen LogP contribution >= 0.6 is 0 Å². The van der Waals surface area contributed by atoms with E-state index in [0.29, 0.717) is 5.56 Å². The van der Waals surface area contributed by atoms with Crippen molar-refractivity contribution >= 4 is 0 Å². The molecule has 0 atom stereocenters. The van der Waals surface area contributed by atoms with Crippen LogP contribution in [0.3, 0.4) is 0 Å². The molecule has 0 radical (unpaired) electrons. The van der Waals surface area contributed by atoms with Crippen LogP contribution in [0.25, 0.3) is 0 Å². The number of rotatable bonds is 8. The molecule has 0 heterocycles. The molecule has 0 saturated heterocycles. The van der Waals surface area contributed by atoms with Gasteiger partial charge in [0, 0.05) is 5.56 Å². The molecule has 0 saturated carbocycles. The Bertz CT molecular complexity index is 534. The first-order valence-electron chi connectivity index (χ1n) is 7.74. The third kappa shape index (κ3) is 5.22. The molecule has 0 N–H and O–H groups in total. The minimum absolute atomic E-state index is 0.218. The van der Waals surface area contributed by atoms with Gasteiger partial charge in [-0.1, -0.05) is 56.5 Å². The van der Waals surface area contributed by atoms with Gasteiger partial charge in [0.1, 0.15) is 18.2 Å². The Hall–Kier alpha value is -1.83. The van der Waals surface area contributed by atoms with Crippen molar-refractivity contribution in [1.82, 2.24) is 0 Å². The van der Waals surface area contributed by atoms with Crippen LogP contribution in [-0.2, 0) is 13.0 Å². The SMILES string of the molecule is CCCCCCc1ccc(OCc2ccccc2F)cc1. The minimum atomic E-state index is -0.218. The van der Waals surface area contributed by atoms with Crippen LogP contribution in [0.15, 0.2) is 48.5 Å². The van der Waals surface area contributed by atoms with E-state index in [1.165, 1.54) is 37.3 Å². The van der Waals surface area contributed by atoms with Gasteiger partial charge in [0.25, 0.3) is 0 Å². The maximum Gasteiger partial charge on any atom is 0.129 e. The van der Waals surface area contributed by atoms with E-state index in [-0.39, 0.29) is 12.4 Å². The van der Waals surface area contributed by atoms with Gasteiger partial charge in [-0.15, -0.1) is 0 Å². The van der Waals surface area contributed by atoms with E-state index in [1.807, 2.05) is 18.2 Å². The Kier molecular flexibility index (Phi) is 6.26. The van der Waals surface area contributed by atoms with Crippen molar-refractivity contribution in [3.63, 3.8) is 0 Å². The normalized spacial score (nSPS) is 10.6. The molecule has 0 aliphatic rings. The second kappa shape index (κ2) is 8.46. The molecule has 2 aromatic carbocycles. The first-order valence-corrected chi connectivity index (χ1v) is 7.74. The number of halogens is 1. The zero-order valence-electron chi connectivity index (χ0n) is 12.6. The van der Waals surface area contributed by atoms with Gasteiger partial charge in [-0.2, -0.15) is 0 Å². The van der Waals surface area contributed by atoms with Crippen LogP contribution in [0.4, 0.5) is 4.39 Å². The summed E-state index contributed by atoms with van der Waals surface area (Å²) in [6.45, 7) is 2.49. The lowest BCUT2D eigenvalue weighted by Crippen LogP contribution is -1.98. The molecule has 0 aromatic heterocycles. The van der Waals surface area contributed by atoms with Gasteiger partial charge in [-0.25, -0.2) is 4.39 Å². The summed E-state index contributed by atoms with van der Waals surface area (Å²) in [5.41, 5.74) is 1.92. The molecule has 0 aliphatic heterocycles. The van der Waals surface area contributed by atoms with Crippen LogP contribution in [0.1, 0.15) is 43.7 Å². The Morgan fingerprint density at radius 3 is 2.38 bits per heavy atom. The predicted molar refractivity (Wildman–Crippen MR) is 85.0 cm³/mol. The molecule has 0 aliphatic carbocycles. The maximum atomic E-state index is 13.5. The largest absolute Gasteiger partial charge is 0.489 e. The standard InChI is InChI=1S/C19H23FO/c1-2-3-4-5-8-16-11-13-18(14-12-16)21-15-17-9-6-7-10-19(17)20/h6-7,9-14H,2-5,8,15H2,1H3. The fourth-order valence-corrected chi connectivity index (χ4v) is 2.28. The van der Waals surface area contributed by atoms with Crippen LogP contribution in [0, 0.1) is 5.82 Å². The van der Waals surface area contributed by atoms with Crippen LogP contribution in [0.2, 0.25) is 0 Å². The highest BCUT2D eigenvalue weighted by Crippen LogP contribution is 2.17. The Morgan fingerprint density at radius 1 is 0.905 bits per heavy atom. The quantitative estimate of drug-likeness (QED) is 0.580. The van der Waals surface area contributed by atoms with Gasteiger partial charge in [0.05, 0.1) is 0 Å². The molecule has 0 spiro atoms. The lowest BCUT2D eigenvalue weighted by molar-refractivity contribution is 0.300. The van der Waals surface area contributed by atoms with Crippen molar-refractivity contribution in [2.75, 3.05) is 0 Å². The monoisotopic (exact) mass is 286 g/mol. The van der Waals surface area contributed by atoms with Gasteiger partial charge >= 0.3 is 0 Å². The molecular weight excluding hydrogens is 263 g/mol. The summed E-state index contributed by atoms with van der Waals surface area (Å²) in [6, 6.07) is 14.8. The fraction of sp³-hybridized carbons (Fsp3) is 0.368. The Morgan fingerprint density at radius 2 is 1.67 bits per heavy atom. The molecule has 21 heavy (non-hydrogen) atoms. The zero-order chi connectivity index (χ0) is 14.9. The van der Waals surface area contributed by atoms with Crippen molar-refractivity contribution in [2.45, 2.75) is 45.6 Å². The molecule has 2 heteroatoms. The maximum absolute atomic E-state index is 13.5. The van der Waals surface area contributed by atoms with Crippen molar-refractivity contribution in [3.05, 3.63) is 65.5 Å². The summed E-state index contributed by atoms with van der Waals surface area (Å²) < 4.78 is 19.1. The van der Waals surface area contributed by atoms with Crippen LogP contribution in [0.5, 0.6) is 5.75 Å². The van der Waals surface area contributed by atoms with E-state index in [0.717, 1.165) is 12.2 Å². The van der Waals surface area contributed by atoms with Crippen molar-refractivity contribution in [3.8, 4) is 5.75 Å². The summed E-state index contributed by atoms with van der Waals surface area (Å²) in [7, 11) is 0. The van der Waals surface area contributed by atoms with Crippen molar-refractivity contribution < 1.29 is 9.13 Å². The molecule has 1 nitrogen and oxygen atoms in total. The van der Waals surface area contributed by atoms with E-state index in [1.54, 1.807) is 12.1 Å².